The topological polar surface area (TPSA) is 53.2 Å². The van der Waals surface area contributed by atoms with Crippen LogP contribution in [0.5, 0.6) is 0 Å². The fourth-order valence-corrected chi connectivity index (χ4v) is 3.29. The average Bonchev–Trinajstić information content (AvgIpc) is 2.97. The predicted molar refractivity (Wildman–Crippen MR) is 95.3 cm³/mol. The lowest BCUT2D eigenvalue weighted by Gasteiger charge is -2.30. The van der Waals surface area contributed by atoms with Gasteiger partial charge < -0.3 is 19.9 Å². The van der Waals surface area contributed by atoms with Crippen LogP contribution in [0.15, 0.2) is 12.1 Å². The number of aromatic amines is 1. The molecule has 0 saturated carbocycles. The molecule has 2 heterocycles. The summed E-state index contributed by atoms with van der Waals surface area (Å²) in [6.45, 7) is 8.73. The second-order valence-corrected chi connectivity index (χ2v) is 6.40. The molecule has 3 rings (SSSR count). The van der Waals surface area contributed by atoms with Crippen molar-refractivity contribution in [3.63, 3.8) is 0 Å². The van der Waals surface area contributed by atoms with Crippen LogP contribution >= 0.6 is 11.6 Å². The maximum Gasteiger partial charge on any atom is 0.133 e. The molecule has 0 spiro atoms. The fourth-order valence-electron chi connectivity index (χ4n) is 3.01. The molecule has 0 amide bonds. The molecule has 1 aliphatic heterocycles. The molecule has 1 aromatic carbocycles. The molecular weight excluding hydrogens is 312 g/mol. The molecule has 5 nitrogen and oxygen atoms in total. The first-order valence-electron chi connectivity index (χ1n) is 8.46. The van der Waals surface area contributed by atoms with E-state index in [1.165, 1.54) is 0 Å². The molecule has 0 radical (unpaired) electrons. The molecule has 1 saturated heterocycles. The van der Waals surface area contributed by atoms with E-state index in [2.05, 4.69) is 40.1 Å². The van der Waals surface area contributed by atoms with Crippen molar-refractivity contribution in [3.8, 4) is 0 Å². The number of nitrogens with one attached hydrogen (secondary N) is 2. The number of halogens is 1. The van der Waals surface area contributed by atoms with Gasteiger partial charge in [0.05, 0.1) is 27.8 Å². The zero-order valence-electron chi connectivity index (χ0n) is 13.9. The zero-order valence-corrected chi connectivity index (χ0v) is 14.6. The van der Waals surface area contributed by atoms with Gasteiger partial charge in [0.1, 0.15) is 12.4 Å². The quantitative estimate of drug-likeness (QED) is 0.849. The molecule has 0 unspecified atom stereocenters. The van der Waals surface area contributed by atoms with Gasteiger partial charge in [-0.3, -0.25) is 0 Å². The Balaban J connectivity index is 1.79. The lowest BCUT2D eigenvalue weighted by Crippen LogP contribution is -2.43. The summed E-state index contributed by atoms with van der Waals surface area (Å²) in [4.78, 5) is 10.3. The van der Waals surface area contributed by atoms with Crippen molar-refractivity contribution in [1.82, 2.24) is 15.3 Å². The predicted octanol–water partition coefficient (Wildman–Crippen LogP) is 3.33. The third-order valence-corrected chi connectivity index (χ3v) is 4.73. The Morgan fingerprint density at radius 1 is 1.26 bits per heavy atom. The van der Waals surface area contributed by atoms with Crippen LogP contribution in [0, 0.1) is 0 Å². The van der Waals surface area contributed by atoms with Crippen LogP contribution in [0.3, 0.4) is 0 Å². The molecular formula is C17H25ClN4O. The first kappa shape index (κ1) is 16.6. The van der Waals surface area contributed by atoms with Crippen molar-refractivity contribution in [2.24, 2.45) is 0 Å². The lowest BCUT2D eigenvalue weighted by atomic mass is 10.2. The van der Waals surface area contributed by atoms with Crippen LogP contribution in [0.4, 0.5) is 5.69 Å². The summed E-state index contributed by atoms with van der Waals surface area (Å²) in [5.41, 5.74) is 2.99. The summed E-state index contributed by atoms with van der Waals surface area (Å²) in [7, 11) is 0. The van der Waals surface area contributed by atoms with Gasteiger partial charge >= 0.3 is 0 Å². The van der Waals surface area contributed by atoms with Gasteiger partial charge in [-0.15, -0.1) is 0 Å². The molecule has 1 fully saturated rings. The van der Waals surface area contributed by atoms with Gasteiger partial charge in [0.15, 0.2) is 0 Å². The monoisotopic (exact) mass is 336 g/mol. The second-order valence-electron chi connectivity index (χ2n) is 5.99. The largest absolute Gasteiger partial charge is 0.370 e. The number of anilines is 1. The van der Waals surface area contributed by atoms with Gasteiger partial charge in [0.25, 0.3) is 0 Å². The van der Waals surface area contributed by atoms with Gasteiger partial charge in [-0.2, -0.15) is 0 Å². The highest BCUT2D eigenvalue weighted by Gasteiger charge is 2.16. The summed E-state index contributed by atoms with van der Waals surface area (Å²) in [5, 5.41) is 4.13. The van der Waals surface area contributed by atoms with E-state index >= 15 is 0 Å². The van der Waals surface area contributed by atoms with Crippen molar-refractivity contribution in [2.75, 3.05) is 31.1 Å². The van der Waals surface area contributed by atoms with Crippen LogP contribution in [0.1, 0.15) is 32.5 Å². The Kier molecular flexibility index (Phi) is 5.41. The molecule has 0 bridgehead atoms. The number of hydrogen-bond acceptors (Lipinski definition) is 4. The highest BCUT2D eigenvalue weighted by molar-refractivity contribution is 6.34. The number of rotatable bonds is 6. The maximum atomic E-state index is 6.48. The van der Waals surface area contributed by atoms with Gasteiger partial charge in [0.2, 0.25) is 0 Å². The van der Waals surface area contributed by atoms with Crippen molar-refractivity contribution in [3.05, 3.63) is 23.0 Å². The minimum absolute atomic E-state index is 0.295. The van der Waals surface area contributed by atoms with Gasteiger partial charge in [0, 0.05) is 26.2 Å². The number of ether oxygens (including phenoxy) is 1. The summed E-state index contributed by atoms with van der Waals surface area (Å²) >= 11 is 6.48. The van der Waals surface area contributed by atoms with Gasteiger partial charge in [-0.1, -0.05) is 25.4 Å². The van der Waals surface area contributed by atoms with Crippen molar-refractivity contribution >= 4 is 28.3 Å². The number of hydrogen-bond donors (Lipinski definition) is 2. The van der Waals surface area contributed by atoms with E-state index < -0.39 is 0 Å². The summed E-state index contributed by atoms with van der Waals surface area (Å²) < 4.78 is 5.89. The molecule has 6 heteroatoms. The van der Waals surface area contributed by atoms with E-state index in [-0.39, 0.29) is 0 Å². The summed E-state index contributed by atoms with van der Waals surface area (Å²) in [6.07, 6.45) is 2.34. The Morgan fingerprint density at radius 2 is 2.00 bits per heavy atom. The molecule has 0 atom stereocenters. The third kappa shape index (κ3) is 3.79. The number of nitrogens with zero attached hydrogens (tertiary/aromatic N) is 2. The Labute approximate surface area is 142 Å². The minimum Gasteiger partial charge on any atom is -0.370 e. The van der Waals surface area contributed by atoms with Crippen LogP contribution in [0.2, 0.25) is 5.02 Å². The number of benzene rings is 1. The standard InChI is InChI=1S/C17H25ClN4O/c1-3-12(4-2)23-11-17-20-14-9-13(18)16(10-15(14)21-17)22-7-5-19-6-8-22/h9-10,12,19H,3-8,11H2,1-2H3,(H,20,21). The Morgan fingerprint density at radius 3 is 2.70 bits per heavy atom. The number of imidazole rings is 1. The zero-order chi connectivity index (χ0) is 16.2. The van der Waals surface area contributed by atoms with E-state index in [1.54, 1.807) is 0 Å². The molecule has 126 valence electrons. The van der Waals surface area contributed by atoms with Crippen LogP contribution in [0.25, 0.3) is 11.0 Å². The second kappa shape index (κ2) is 7.51. The van der Waals surface area contributed by atoms with Crippen LogP contribution in [-0.4, -0.2) is 42.3 Å². The summed E-state index contributed by atoms with van der Waals surface area (Å²) in [5.74, 6) is 0.862. The maximum absolute atomic E-state index is 6.48. The summed E-state index contributed by atoms with van der Waals surface area (Å²) in [6, 6.07) is 4.06. The highest BCUT2D eigenvalue weighted by atomic mass is 35.5. The van der Waals surface area contributed by atoms with Crippen molar-refractivity contribution < 1.29 is 4.74 Å². The van der Waals surface area contributed by atoms with Gasteiger partial charge in [-0.05, 0) is 25.0 Å². The smallest absolute Gasteiger partial charge is 0.133 e. The fraction of sp³-hybridized carbons (Fsp3) is 0.588. The van der Waals surface area contributed by atoms with E-state index in [0.717, 1.165) is 66.6 Å². The molecule has 1 aliphatic rings. The number of aromatic nitrogens is 2. The average molecular weight is 337 g/mol. The molecule has 2 N–H and O–H groups in total. The molecule has 1 aromatic heterocycles. The first-order chi connectivity index (χ1) is 11.2. The van der Waals surface area contributed by atoms with Gasteiger partial charge in [-0.25, -0.2) is 4.98 Å². The van der Waals surface area contributed by atoms with Crippen molar-refractivity contribution in [2.45, 2.75) is 39.4 Å². The SMILES string of the molecule is CCC(CC)OCc1nc2cc(N3CCNCC3)c(Cl)cc2[nH]1. The van der Waals surface area contributed by atoms with Crippen LogP contribution in [-0.2, 0) is 11.3 Å². The van der Waals surface area contributed by atoms with Crippen LogP contribution < -0.4 is 10.2 Å². The first-order valence-corrected chi connectivity index (χ1v) is 8.84. The third-order valence-electron chi connectivity index (χ3n) is 4.42. The Hall–Kier alpha value is -1.30. The Bertz CT molecular complexity index is 647. The number of fused-ring (bicyclic) bond motifs is 1. The highest BCUT2D eigenvalue weighted by Crippen LogP contribution is 2.30. The normalized spacial score (nSPS) is 15.7. The van der Waals surface area contributed by atoms with E-state index in [1.807, 2.05) is 6.07 Å². The number of H-pyrrole nitrogens is 1. The van der Waals surface area contributed by atoms with Crippen molar-refractivity contribution in [1.29, 1.82) is 0 Å². The molecule has 0 aliphatic carbocycles. The molecule has 2 aromatic rings. The number of piperazine rings is 1. The minimum atomic E-state index is 0.295. The van der Waals surface area contributed by atoms with E-state index in [9.17, 15) is 0 Å². The molecule has 23 heavy (non-hydrogen) atoms. The lowest BCUT2D eigenvalue weighted by molar-refractivity contribution is 0.0325. The van der Waals surface area contributed by atoms with E-state index in [4.69, 9.17) is 16.3 Å². The van der Waals surface area contributed by atoms with E-state index in [0.29, 0.717) is 12.7 Å².